The summed E-state index contributed by atoms with van der Waals surface area (Å²) in [7, 11) is 0. The average molecular weight is 144 g/mol. The first-order valence-corrected chi connectivity index (χ1v) is 4.16. The van der Waals surface area contributed by atoms with Crippen LogP contribution in [0.1, 0.15) is 33.1 Å². The summed E-state index contributed by atoms with van der Waals surface area (Å²) in [5.74, 6) is 0.741. The first kappa shape index (κ1) is 9.92. The molecule has 0 radical (unpaired) electrons. The van der Waals surface area contributed by atoms with Crippen LogP contribution >= 0.6 is 0 Å². The van der Waals surface area contributed by atoms with Gasteiger partial charge in [-0.3, -0.25) is 0 Å². The van der Waals surface area contributed by atoms with Crippen LogP contribution in [0.3, 0.4) is 0 Å². The molecule has 2 heteroatoms. The third-order valence-corrected chi connectivity index (χ3v) is 1.86. The van der Waals surface area contributed by atoms with Crippen molar-refractivity contribution >= 4 is 0 Å². The average Bonchev–Trinajstić information content (AvgIpc) is 1.86. The lowest BCUT2D eigenvalue weighted by molar-refractivity contribution is 0.411. The number of rotatable bonds is 5. The predicted molar refractivity (Wildman–Crippen MR) is 45.7 cm³/mol. The first-order chi connectivity index (χ1) is 4.70. The van der Waals surface area contributed by atoms with E-state index in [2.05, 4.69) is 13.8 Å². The quantitative estimate of drug-likeness (QED) is 0.607. The zero-order valence-electron chi connectivity index (χ0n) is 7.14. The third-order valence-electron chi connectivity index (χ3n) is 1.86. The molecule has 0 saturated carbocycles. The molecule has 0 aromatic carbocycles. The maximum atomic E-state index is 5.66. The van der Waals surface area contributed by atoms with Gasteiger partial charge in [0.05, 0.1) is 0 Å². The van der Waals surface area contributed by atoms with E-state index in [1.54, 1.807) is 0 Å². The van der Waals surface area contributed by atoms with Crippen LogP contribution < -0.4 is 11.5 Å². The lowest BCUT2D eigenvalue weighted by atomic mass is 9.95. The van der Waals surface area contributed by atoms with E-state index in [4.69, 9.17) is 11.5 Å². The molecule has 0 aliphatic heterocycles. The molecule has 4 N–H and O–H groups in total. The smallest absolute Gasteiger partial charge is 0.00131 e. The molecule has 0 bridgehead atoms. The second-order valence-corrected chi connectivity index (χ2v) is 3.06. The minimum absolute atomic E-state index is 0.330. The number of hydrogen-bond donors (Lipinski definition) is 2. The second-order valence-electron chi connectivity index (χ2n) is 3.06. The Morgan fingerprint density at radius 2 is 2.00 bits per heavy atom. The molecule has 10 heavy (non-hydrogen) atoms. The van der Waals surface area contributed by atoms with E-state index >= 15 is 0 Å². The highest BCUT2D eigenvalue weighted by molar-refractivity contribution is 4.63. The third kappa shape index (κ3) is 4.77. The summed E-state index contributed by atoms with van der Waals surface area (Å²) >= 11 is 0. The summed E-state index contributed by atoms with van der Waals surface area (Å²) in [5.41, 5.74) is 11.1. The molecule has 0 aromatic rings. The SMILES string of the molecule is CCC(CCN)CC(C)N. The molecule has 0 amide bonds. The minimum Gasteiger partial charge on any atom is -0.330 e. The highest BCUT2D eigenvalue weighted by Crippen LogP contribution is 2.12. The largest absolute Gasteiger partial charge is 0.330 e. The summed E-state index contributed by atoms with van der Waals surface area (Å²) < 4.78 is 0. The van der Waals surface area contributed by atoms with E-state index < -0.39 is 0 Å². The van der Waals surface area contributed by atoms with Crippen molar-refractivity contribution < 1.29 is 0 Å². The van der Waals surface area contributed by atoms with Gasteiger partial charge in [-0.25, -0.2) is 0 Å². The molecule has 0 spiro atoms. The van der Waals surface area contributed by atoms with Crippen LogP contribution in [0.25, 0.3) is 0 Å². The van der Waals surface area contributed by atoms with E-state index in [0.717, 1.165) is 25.3 Å². The Bertz CT molecular complexity index is 71.7. The zero-order valence-corrected chi connectivity index (χ0v) is 7.14. The molecule has 0 rings (SSSR count). The van der Waals surface area contributed by atoms with Crippen LogP contribution in [0.15, 0.2) is 0 Å². The molecule has 2 unspecified atom stereocenters. The lowest BCUT2D eigenvalue weighted by Crippen LogP contribution is -2.20. The Hall–Kier alpha value is -0.0800. The van der Waals surface area contributed by atoms with Gasteiger partial charge in [0.2, 0.25) is 0 Å². The topological polar surface area (TPSA) is 52.0 Å². The van der Waals surface area contributed by atoms with Crippen LogP contribution in [0, 0.1) is 5.92 Å². The van der Waals surface area contributed by atoms with Gasteiger partial charge in [-0.05, 0) is 32.2 Å². The molecule has 2 atom stereocenters. The summed E-state index contributed by atoms with van der Waals surface area (Å²) in [6.07, 6.45) is 3.45. The van der Waals surface area contributed by atoms with E-state index in [1.165, 1.54) is 6.42 Å². The van der Waals surface area contributed by atoms with E-state index in [-0.39, 0.29) is 0 Å². The van der Waals surface area contributed by atoms with Crippen molar-refractivity contribution in [1.82, 2.24) is 0 Å². The Kier molecular flexibility index (Phi) is 5.64. The van der Waals surface area contributed by atoms with Crippen molar-refractivity contribution in [3.8, 4) is 0 Å². The van der Waals surface area contributed by atoms with Crippen molar-refractivity contribution in [2.24, 2.45) is 17.4 Å². The molecule has 0 heterocycles. The fourth-order valence-corrected chi connectivity index (χ4v) is 1.25. The van der Waals surface area contributed by atoms with Crippen molar-refractivity contribution in [1.29, 1.82) is 0 Å². The minimum atomic E-state index is 0.330. The van der Waals surface area contributed by atoms with Crippen LogP contribution in [0.5, 0.6) is 0 Å². The molecule has 0 aliphatic carbocycles. The van der Waals surface area contributed by atoms with Crippen LogP contribution in [-0.4, -0.2) is 12.6 Å². The highest BCUT2D eigenvalue weighted by atomic mass is 14.6. The number of hydrogen-bond acceptors (Lipinski definition) is 2. The maximum absolute atomic E-state index is 5.66. The van der Waals surface area contributed by atoms with Crippen LogP contribution in [0.2, 0.25) is 0 Å². The van der Waals surface area contributed by atoms with Crippen molar-refractivity contribution in [2.75, 3.05) is 6.54 Å². The summed E-state index contributed by atoms with van der Waals surface area (Å²) in [4.78, 5) is 0. The van der Waals surface area contributed by atoms with E-state index in [9.17, 15) is 0 Å². The Morgan fingerprint density at radius 3 is 2.30 bits per heavy atom. The van der Waals surface area contributed by atoms with Crippen LogP contribution in [0.4, 0.5) is 0 Å². The summed E-state index contributed by atoms with van der Waals surface area (Å²) in [5, 5.41) is 0. The second kappa shape index (κ2) is 5.69. The molecule has 0 saturated heterocycles. The predicted octanol–water partition coefficient (Wildman–Crippen LogP) is 1.10. The summed E-state index contributed by atoms with van der Waals surface area (Å²) in [6, 6.07) is 0.330. The van der Waals surface area contributed by atoms with Gasteiger partial charge in [0.1, 0.15) is 0 Å². The standard InChI is InChI=1S/C8H20N2/c1-3-8(4-5-9)6-7(2)10/h7-8H,3-6,9-10H2,1-2H3. The van der Waals surface area contributed by atoms with E-state index in [0.29, 0.717) is 6.04 Å². The molecule has 0 fully saturated rings. The van der Waals surface area contributed by atoms with Crippen molar-refractivity contribution in [3.63, 3.8) is 0 Å². The lowest BCUT2D eigenvalue weighted by Gasteiger charge is -2.15. The normalized spacial score (nSPS) is 16.8. The molecule has 0 aromatic heterocycles. The molecule has 2 nitrogen and oxygen atoms in total. The van der Waals surface area contributed by atoms with E-state index in [1.807, 2.05) is 0 Å². The molecular weight excluding hydrogens is 124 g/mol. The molecular formula is C8H20N2. The summed E-state index contributed by atoms with van der Waals surface area (Å²) in [6.45, 7) is 5.05. The monoisotopic (exact) mass is 144 g/mol. The van der Waals surface area contributed by atoms with Crippen LogP contribution in [-0.2, 0) is 0 Å². The fraction of sp³-hybridized carbons (Fsp3) is 1.00. The first-order valence-electron chi connectivity index (χ1n) is 4.16. The van der Waals surface area contributed by atoms with Gasteiger partial charge in [-0.15, -0.1) is 0 Å². The van der Waals surface area contributed by atoms with Gasteiger partial charge in [0, 0.05) is 6.04 Å². The Balaban J connectivity index is 3.39. The zero-order chi connectivity index (χ0) is 7.98. The highest BCUT2D eigenvalue weighted by Gasteiger charge is 2.06. The van der Waals surface area contributed by atoms with Gasteiger partial charge < -0.3 is 11.5 Å². The molecule has 62 valence electrons. The Labute approximate surface area is 64.0 Å². The Morgan fingerprint density at radius 1 is 1.40 bits per heavy atom. The van der Waals surface area contributed by atoms with Gasteiger partial charge in [-0.1, -0.05) is 13.3 Å². The van der Waals surface area contributed by atoms with Gasteiger partial charge in [0.25, 0.3) is 0 Å². The van der Waals surface area contributed by atoms with Gasteiger partial charge in [-0.2, -0.15) is 0 Å². The molecule has 0 aliphatic rings. The maximum Gasteiger partial charge on any atom is 0.00131 e. The van der Waals surface area contributed by atoms with Crippen molar-refractivity contribution in [3.05, 3.63) is 0 Å². The van der Waals surface area contributed by atoms with Crippen molar-refractivity contribution in [2.45, 2.75) is 39.2 Å². The number of nitrogens with two attached hydrogens (primary N) is 2. The fourth-order valence-electron chi connectivity index (χ4n) is 1.25. The van der Waals surface area contributed by atoms with Gasteiger partial charge in [0.15, 0.2) is 0 Å². The van der Waals surface area contributed by atoms with Gasteiger partial charge >= 0.3 is 0 Å².